The molecule has 132 valence electrons. The molecule has 0 saturated heterocycles. The van der Waals surface area contributed by atoms with Crippen LogP contribution >= 0.6 is 11.6 Å². The van der Waals surface area contributed by atoms with E-state index in [1.807, 2.05) is 0 Å². The van der Waals surface area contributed by atoms with Crippen molar-refractivity contribution in [2.75, 3.05) is 6.54 Å². The number of hydrogen-bond donors (Lipinski definition) is 1. The van der Waals surface area contributed by atoms with Crippen molar-refractivity contribution in [2.45, 2.75) is 39.0 Å². The van der Waals surface area contributed by atoms with Crippen molar-refractivity contribution in [3.05, 3.63) is 52.0 Å². The van der Waals surface area contributed by atoms with Gasteiger partial charge in [-0.3, -0.25) is 4.79 Å². The van der Waals surface area contributed by atoms with Crippen molar-refractivity contribution in [3.63, 3.8) is 0 Å². The van der Waals surface area contributed by atoms with Crippen LogP contribution < -0.4 is 5.32 Å². The van der Waals surface area contributed by atoms with Gasteiger partial charge in [-0.1, -0.05) is 34.5 Å². The van der Waals surface area contributed by atoms with Gasteiger partial charge in [-0.25, -0.2) is 4.39 Å². The zero-order valence-corrected chi connectivity index (χ0v) is 14.8. The summed E-state index contributed by atoms with van der Waals surface area (Å²) in [7, 11) is 0. The summed E-state index contributed by atoms with van der Waals surface area (Å²) in [4.78, 5) is 12.6. The van der Waals surface area contributed by atoms with Crippen molar-refractivity contribution in [3.8, 4) is 11.3 Å². The van der Waals surface area contributed by atoms with Gasteiger partial charge in [-0.05, 0) is 51.2 Å². The highest BCUT2D eigenvalue weighted by atomic mass is 35.5. The number of amides is 1. The average molecular weight is 363 g/mol. The minimum absolute atomic E-state index is 0.0844. The van der Waals surface area contributed by atoms with Gasteiger partial charge in [0.25, 0.3) is 5.91 Å². The molecule has 2 aromatic rings. The summed E-state index contributed by atoms with van der Waals surface area (Å²) in [6.07, 6.45) is 7.74. The molecule has 1 N–H and O–H groups in total. The second-order valence-electron chi connectivity index (χ2n) is 6.17. The Kier molecular flexibility index (Phi) is 5.53. The summed E-state index contributed by atoms with van der Waals surface area (Å²) in [5.41, 5.74) is 1.83. The summed E-state index contributed by atoms with van der Waals surface area (Å²) in [5, 5.41) is 6.92. The number of carbonyl (C=O) groups excluding carboxylic acids is 1. The molecular formula is C19H20ClFN2O2. The molecule has 1 aromatic heterocycles. The lowest BCUT2D eigenvalue weighted by molar-refractivity contribution is 0.0953. The number of aromatic nitrogens is 1. The van der Waals surface area contributed by atoms with Crippen LogP contribution in [0, 0.1) is 12.7 Å². The van der Waals surface area contributed by atoms with Crippen LogP contribution in [-0.2, 0) is 0 Å². The Hall–Kier alpha value is -2.14. The van der Waals surface area contributed by atoms with Crippen molar-refractivity contribution >= 4 is 17.5 Å². The summed E-state index contributed by atoms with van der Waals surface area (Å²) >= 11 is 6.10. The van der Waals surface area contributed by atoms with Crippen molar-refractivity contribution in [1.82, 2.24) is 10.5 Å². The van der Waals surface area contributed by atoms with E-state index in [0.717, 1.165) is 19.3 Å². The van der Waals surface area contributed by atoms with Crippen LogP contribution in [0.4, 0.5) is 4.39 Å². The first-order valence-electron chi connectivity index (χ1n) is 8.44. The largest absolute Gasteiger partial charge is 0.360 e. The fourth-order valence-electron chi connectivity index (χ4n) is 3.09. The van der Waals surface area contributed by atoms with Crippen LogP contribution in [0.25, 0.3) is 11.3 Å². The Labute approximate surface area is 151 Å². The number of allylic oxidation sites excluding steroid dienone is 1. The fraction of sp³-hybridized carbons (Fsp3) is 0.368. The molecule has 25 heavy (non-hydrogen) atoms. The predicted octanol–water partition coefficient (Wildman–Crippen LogP) is 5.06. The van der Waals surface area contributed by atoms with Gasteiger partial charge in [0.15, 0.2) is 0 Å². The number of nitrogens with zero attached hydrogens (tertiary/aromatic N) is 1. The molecule has 4 nitrogen and oxygen atoms in total. The third kappa shape index (κ3) is 3.93. The molecule has 3 rings (SSSR count). The monoisotopic (exact) mass is 362 g/mol. The van der Waals surface area contributed by atoms with Gasteiger partial charge < -0.3 is 9.84 Å². The van der Waals surface area contributed by atoms with Crippen molar-refractivity contribution < 1.29 is 13.7 Å². The van der Waals surface area contributed by atoms with E-state index in [2.05, 4.69) is 16.5 Å². The predicted molar refractivity (Wildman–Crippen MR) is 95.1 cm³/mol. The van der Waals surface area contributed by atoms with Gasteiger partial charge >= 0.3 is 0 Å². The molecule has 0 fully saturated rings. The number of benzene rings is 1. The highest BCUT2D eigenvalue weighted by Gasteiger charge is 2.25. The maximum absolute atomic E-state index is 14.2. The highest BCUT2D eigenvalue weighted by Crippen LogP contribution is 2.33. The molecule has 0 radical (unpaired) electrons. The van der Waals surface area contributed by atoms with E-state index in [4.69, 9.17) is 16.1 Å². The second kappa shape index (κ2) is 7.83. The first kappa shape index (κ1) is 17.7. The molecule has 0 atom stereocenters. The molecule has 0 aliphatic heterocycles. The first-order valence-corrected chi connectivity index (χ1v) is 8.82. The summed E-state index contributed by atoms with van der Waals surface area (Å²) in [5.74, 6) is -0.532. The van der Waals surface area contributed by atoms with E-state index < -0.39 is 5.82 Å². The first-order chi connectivity index (χ1) is 12.1. The van der Waals surface area contributed by atoms with E-state index in [-0.39, 0.29) is 27.8 Å². The lowest BCUT2D eigenvalue weighted by Gasteiger charge is -2.13. The molecule has 1 aromatic carbocycles. The number of hydrogen-bond acceptors (Lipinski definition) is 3. The number of carbonyl (C=O) groups is 1. The van der Waals surface area contributed by atoms with Crippen molar-refractivity contribution in [2.24, 2.45) is 0 Å². The standard InChI is InChI=1S/C19H20ClFN2O2/c1-12-16(19(24)22-11-10-13-6-3-2-4-7-13)18(23-25-12)17-14(20)8-5-9-15(17)21/h5-6,8-9H,2-4,7,10-11H2,1H3,(H,22,24). The maximum atomic E-state index is 14.2. The third-order valence-corrected chi connectivity index (χ3v) is 4.72. The molecule has 1 amide bonds. The molecule has 0 spiro atoms. The van der Waals surface area contributed by atoms with Crippen LogP contribution in [0.5, 0.6) is 0 Å². The SMILES string of the molecule is Cc1onc(-c2c(F)cccc2Cl)c1C(=O)NCCC1=CCCCC1. The van der Waals surface area contributed by atoms with Gasteiger partial charge in [-0.2, -0.15) is 0 Å². The minimum atomic E-state index is -0.540. The summed E-state index contributed by atoms with van der Waals surface area (Å²) in [6.45, 7) is 2.16. The topological polar surface area (TPSA) is 55.1 Å². The lowest BCUT2D eigenvalue weighted by atomic mass is 9.97. The number of nitrogens with one attached hydrogen (secondary N) is 1. The summed E-state index contributed by atoms with van der Waals surface area (Å²) < 4.78 is 19.3. The lowest BCUT2D eigenvalue weighted by Crippen LogP contribution is -2.25. The molecular weight excluding hydrogens is 343 g/mol. The maximum Gasteiger partial charge on any atom is 0.257 e. The smallest absolute Gasteiger partial charge is 0.257 e. The van der Waals surface area contributed by atoms with E-state index in [0.29, 0.717) is 12.3 Å². The Morgan fingerprint density at radius 2 is 2.24 bits per heavy atom. The normalized spacial score (nSPS) is 14.3. The van der Waals surface area contributed by atoms with Gasteiger partial charge in [0, 0.05) is 6.54 Å². The van der Waals surface area contributed by atoms with Gasteiger partial charge in [0.1, 0.15) is 22.8 Å². The van der Waals surface area contributed by atoms with Crippen LogP contribution in [0.2, 0.25) is 5.02 Å². The molecule has 1 heterocycles. The Balaban J connectivity index is 1.77. The van der Waals surface area contributed by atoms with E-state index >= 15 is 0 Å². The Morgan fingerprint density at radius 1 is 1.40 bits per heavy atom. The minimum Gasteiger partial charge on any atom is -0.360 e. The van der Waals surface area contributed by atoms with Crippen molar-refractivity contribution in [1.29, 1.82) is 0 Å². The molecule has 0 bridgehead atoms. The molecule has 0 saturated carbocycles. The Bertz CT molecular complexity index is 794. The number of aryl methyl sites for hydroxylation is 1. The number of halogens is 2. The molecule has 0 unspecified atom stereocenters. The van der Waals surface area contributed by atoms with Crippen LogP contribution in [0.3, 0.4) is 0 Å². The molecule has 1 aliphatic carbocycles. The van der Waals surface area contributed by atoms with E-state index in [1.165, 1.54) is 30.5 Å². The van der Waals surface area contributed by atoms with Crippen LogP contribution in [0.15, 0.2) is 34.4 Å². The molecule has 1 aliphatic rings. The van der Waals surface area contributed by atoms with E-state index in [9.17, 15) is 9.18 Å². The highest BCUT2D eigenvalue weighted by molar-refractivity contribution is 6.33. The van der Waals surface area contributed by atoms with Gasteiger partial charge in [0.2, 0.25) is 0 Å². The second-order valence-corrected chi connectivity index (χ2v) is 6.58. The zero-order chi connectivity index (χ0) is 17.8. The van der Waals surface area contributed by atoms with Crippen LogP contribution in [0.1, 0.15) is 48.2 Å². The fourth-order valence-corrected chi connectivity index (χ4v) is 3.34. The van der Waals surface area contributed by atoms with E-state index in [1.54, 1.807) is 13.0 Å². The van der Waals surface area contributed by atoms with Gasteiger partial charge in [-0.15, -0.1) is 0 Å². The third-order valence-electron chi connectivity index (χ3n) is 4.41. The number of rotatable bonds is 5. The summed E-state index contributed by atoms with van der Waals surface area (Å²) in [6, 6.07) is 4.34. The zero-order valence-electron chi connectivity index (χ0n) is 14.1. The molecule has 6 heteroatoms. The average Bonchev–Trinajstić information content (AvgIpc) is 2.97. The Morgan fingerprint density at radius 3 is 2.96 bits per heavy atom. The van der Waals surface area contributed by atoms with Gasteiger partial charge in [0.05, 0.1) is 10.6 Å². The quantitative estimate of drug-likeness (QED) is 0.756. The van der Waals surface area contributed by atoms with Crippen LogP contribution in [-0.4, -0.2) is 17.6 Å².